The Labute approximate surface area is 158 Å². The highest BCUT2D eigenvalue weighted by atomic mass is 16.2. The first-order valence-electron chi connectivity index (χ1n) is 9.22. The number of carbonyl (C=O) groups is 3. The van der Waals surface area contributed by atoms with Crippen molar-refractivity contribution in [3.8, 4) is 6.07 Å². The first-order chi connectivity index (χ1) is 12.8. The van der Waals surface area contributed by atoms with Crippen molar-refractivity contribution in [1.29, 1.82) is 5.26 Å². The van der Waals surface area contributed by atoms with Crippen LogP contribution in [-0.4, -0.2) is 46.8 Å². The first-order valence-corrected chi connectivity index (χ1v) is 9.22. The number of nitrogens with one attached hydrogen (secondary N) is 1. The molecule has 1 aromatic carbocycles. The maximum atomic E-state index is 12.9. The highest BCUT2D eigenvalue weighted by Crippen LogP contribution is 2.33. The van der Waals surface area contributed by atoms with Gasteiger partial charge in [-0.3, -0.25) is 14.5 Å². The molecule has 27 heavy (non-hydrogen) atoms. The van der Waals surface area contributed by atoms with Crippen LogP contribution in [0.25, 0.3) is 0 Å². The molecule has 1 atom stereocenters. The number of amides is 4. The van der Waals surface area contributed by atoms with Crippen molar-refractivity contribution in [3.05, 3.63) is 35.9 Å². The van der Waals surface area contributed by atoms with Crippen molar-refractivity contribution in [2.75, 3.05) is 13.6 Å². The summed E-state index contributed by atoms with van der Waals surface area (Å²) < 4.78 is 0. The molecule has 0 bridgehead atoms. The predicted molar refractivity (Wildman–Crippen MR) is 98.2 cm³/mol. The Hall–Kier alpha value is -2.88. The molecule has 0 aromatic heterocycles. The van der Waals surface area contributed by atoms with Crippen LogP contribution in [0.5, 0.6) is 0 Å². The predicted octanol–water partition coefficient (Wildman–Crippen LogP) is 2.14. The molecule has 2 fully saturated rings. The molecule has 1 aliphatic heterocycles. The molecule has 7 heteroatoms. The molecule has 1 saturated carbocycles. The number of hydrogen-bond donors (Lipinski definition) is 1. The van der Waals surface area contributed by atoms with Gasteiger partial charge in [-0.2, -0.15) is 5.26 Å². The molecule has 1 unspecified atom stereocenters. The Morgan fingerprint density at radius 2 is 1.85 bits per heavy atom. The second-order valence-corrected chi connectivity index (χ2v) is 7.47. The van der Waals surface area contributed by atoms with E-state index in [0.29, 0.717) is 18.4 Å². The molecule has 1 aliphatic carbocycles. The maximum Gasteiger partial charge on any atom is 0.325 e. The van der Waals surface area contributed by atoms with E-state index < -0.39 is 28.9 Å². The first kappa shape index (κ1) is 18.9. The fourth-order valence-corrected chi connectivity index (χ4v) is 3.95. The Kier molecular flexibility index (Phi) is 4.92. The molecule has 1 saturated heterocycles. The summed E-state index contributed by atoms with van der Waals surface area (Å²) in [6.45, 7) is 1.27. The molecular weight excluding hydrogens is 344 g/mol. The maximum absolute atomic E-state index is 12.9. The van der Waals surface area contributed by atoms with Gasteiger partial charge in [0.15, 0.2) is 0 Å². The van der Waals surface area contributed by atoms with E-state index in [1.165, 1.54) is 4.90 Å². The average Bonchev–Trinajstić information content (AvgIpc) is 2.92. The lowest BCUT2D eigenvalue weighted by atomic mass is 9.81. The van der Waals surface area contributed by atoms with Crippen LogP contribution in [0, 0.1) is 11.3 Å². The van der Waals surface area contributed by atoms with Gasteiger partial charge in [-0.15, -0.1) is 0 Å². The van der Waals surface area contributed by atoms with E-state index in [9.17, 15) is 19.6 Å². The average molecular weight is 368 g/mol. The normalized spacial score (nSPS) is 24.3. The summed E-state index contributed by atoms with van der Waals surface area (Å²) in [5.41, 5.74) is -1.39. The molecule has 0 radical (unpaired) electrons. The van der Waals surface area contributed by atoms with E-state index in [1.807, 2.05) is 6.07 Å². The standard InChI is InChI=1S/C20H24N4O3/c1-19(15-9-5-3-6-10-15)17(26)24(18(27)22-19)13-16(25)23(2)20(14-21)11-7-4-8-12-20/h3,5-6,9-10H,4,7-8,11-13H2,1-2H3,(H,22,27). The molecule has 3 rings (SSSR count). The minimum Gasteiger partial charge on any atom is -0.325 e. The molecule has 1 N–H and O–H groups in total. The number of likely N-dealkylation sites (N-methyl/N-ethyl adjacent to an activating group) is 1. The van der Waals surface area contributed by atoms with Crippen molar-refractivity contribution in [1.82, 2.24) is 15.1 Å². The van der Waals surface area contributed by atoms with Crippen molar-refractivity contribution in [2.45, 2.75) is 50.1 Å². The minimum absolute atomic E-state index is 0.368. The van der Waals surface area contributed by atoms with Crippen LogP contribution in [0.3, 0.4) is 0 Å². The Morgan fingerprint density at radius 3 is 2.44 bits per heavy atom. The summed E-state index contributed by atoms with van der Waals surface area (Å²) in [4.78, 5) is 40.5. The number of imide groups is 1. The number of rotatable bonds is 4. The largest absolute Gasteiger partial charge is 0.325 e. The second kappa shape index (κ2) is 7.03. The van der Waals surface area contributed by atoms with Gasteiger partial charge >= 0.3 is 6.03 Å². The number of benzene rings is 1. The molecular formula is C20H24N4O3. The summed E-state index contributed by atoms with van der Waals surface area (Å²) in [7, 11) is 1.59. The number of urea groups is 1. The highest BCUT2D eigenvalue weighted by Gasteiger charge is 2.50. The molecule has 4 amide bonds. The van der Waals surface area contributed by atoms with Gasteiger partial charge in [-0.25, -0.2) is 4.79 Å². The van der Waals surface area contributed by atoms with Crippen LogP contribution < -0.4 is 5.32 Å². The van der Waals surface area contributed by atoms with Crippen LogP contribution in [0.1, 0.15) is 44.6 Å². The van der Waals surface area contributed by atoms with E-state index in [1.54, 1.807) is 38.2 Å². The Balaban J connectivity index is 1.77. The van der Waals surface area contributed by atoms with Crippen LogP contribution in [0.2, 0.25) is 0 Å². The topological polar surface area (TPSA) is 93.5 Å². The number of hydrogen-bond acceptors (Lipinski definition) is 4. The Morgan fingerprint density at radius 1 is 1.22 bits per heavy atom. The van der Waals surface area contributed by atoms with Gasteiger partial charge in [-0.05, 0) is 25.3 Å². The second-order valence-electron chi connectivity index (χ2n) is 7.47. The lowest BCUT2D eigenvalue weighted by Crippen LogP contribution is -2.53. The van der Waals surface area contributed by atoms with E-state index in [0.717, 1.165) is 24.2 Å². The lowest BCUT2D eigenvalue weighted by molar-refractivity contribution is -0.141. The fourth-order valence-electron chi connectivity index (χ4n) is 3.95. The minimum atomic E-state index is -1.20. The van der Waals surface area contributed by atoms with Crippen molar-refractivity contribution >= 4 is 17.8 Å². The SMILES string of the molecule is CN(C(=O)CN1C(=O)NC(C)(c2ccccc2)C1=O)C1(C#N)CCCCC1. The molecule has 142 valence electrons. The smallest absolute Gasteiger partial charge is 0.325 e. The number of nitrogens with zero attached hydrogens (tertiary/aromatic N) is 3. The summed E-state index contributed by atoms with van der Waals surface area (Å²) in [5.74, 6) is -0.866. The molecule has 0 spiro atoms. The summed E-state index contributed by atoms with van der Waals surface area (Å²) >= 11 is 0. The van der Waals surface area contributed by atoms with Crippen molar-refractivity contribution in [3.63, 3.8) is 0 Å². The molecule has 2 aliphatic rings. The van der Waals surface area contributed by atoms with Gasteiger partial charge in [0.1, 0.15) is 17.6 Å². The lowest BCUT2D eigenvalue weighted by Gasteiger charge is -2.39. The van der Waals surface area contributed by atoms with Crippen LogP contribution in [0.4, 0.5) is 4.79 Å². The summed E-state index contributed by atoms with van der Waals surface area (Å²) in [5, 5.41) is 12.3. The van der Waals surface area contributed by atoms with Gasteiger partial charge in [0.05, 0.1) is 6.07 Å². The third kappa shape index (κ3) is 3.16. The van der Waals surface area contributed by atoms with E-state index in [4.69, 9.17) is 0 Å². The monoisotopic (exact) mass is 368 g/mol. The van der Waals surface area contributed by atoms with Crippen molar-refractivity contribution < 1.29 is 14.4 Å². The zero-order valence-corrected chi connectivity index (χ0v) is 15.7. The van der Waals surface area contributed by atoms with Crippen molar-refractivity contribution in [2.24, 2.45) is 0 Å². The van der Waals surface area contributed by atoms with E-state index >= 15 is 0 Å². The fraction of sp³-hybridized carbons (Fsp3) is 0.500. The highest BCUT2D eigenvalue weighted by molar-refractivity contribution is 6.09. The zero-order chi connectivity index (χ0) is 19.7. The van der Waals surface area contributed by atoms with Crippen LogP contribution in [0.15, 0.2) is 30.3 Å². The molecule has 7 nitrogen and oxygen atoms in total. The summed E-state index contributed by atoms with van der Waals surface area (Å²) in [6, 6.07) is 10.6. The number of carbonyl (C=O) groups excluding carboxylic acids is 3. The van der Waals surface area contributed by atoms with Crippen LogP contribution in [-0.2, 0) is 15.1 Å². The van der Waals surface area contributed by atoms with E-state index in [2.05, 4.69) is 11.4 Å². The molecule has 1 heterocycles. The van der Waals surface area contributed by atoms with Gasteiger partial charge < -0.3 is 10.2 Å². The van der Waals surface area contributed by atoms with Gasteiger partial charge in [-0.1, -0.05) is 49.6 Å². The van der Waals surface area contributed by atoms with Gasteiger partial charge in [0.25, 0.3) is 5.91 Å². The van der Waals surface area contributed by atoms with Crippen LogP contribution >= 0.6 is 0 Å². The van der Waals surface area contributed by atoms with E-state index in [-0.39, 0.29) is 6.54 Å². The van der Waals surface area contributed by atoms with Gasteiger partial charge in [0.2, 0.25) is 5.91 Å². The zero-order valence-electron chi connectivity index (χ0n) is 15.7. The third-order valence-corrected chi connectivity index (χ3v) is 5.82. The molecule has 1 aromatic rings. The summed E-state index contributed by atoms with van der Waals surface area (Å²) in [6.07, 6.45) is 4.07. The number of nitriles is 1. The Bertz CT molecular complexity index is 795. The quantitative estimate of drug-likeness (QED) is 0.824. The van der Waals surface area contributed by atoms with Gasteiger partial charge in [0, 0.05) is 7.05 Å². The third-order valence-electron chi connectivity index (χ3n) is 5.82.